The van der Waals surface area contributed by atoms with Gasteiger partial charge in [0.25, 0.3) is 0 Å². The minimum absolute atomic E-state index is 0.893. The van der Waals surface area contributed by atoms with Gasteiger partial charge in [-0.1, -0.05) is 6.92 Å². The summed E-state index contributed by atoms with van der Waals surface area (Å²) in [4.78, 5) is 0. The van der Waals surface area contributed by atoms with E-state index < -0.39 is 0 Å². The van der Waals surface area contributed by atoms with Gasteiger partial charge in [-0.05, 0) is 37.2 Å². The van der Waals surface area contributed by atoms with Crippen LogP contribution in [-0.4, -0.2) is 26.7 Å². The van der Waals surface area contributed by atoms with Gasteiger partial charge in [-0.15, -0.1) is 0 Å². The summed E-state index contributed by atoms with van der Waals surface area (Å²) in [6.45, 7) is 5.21. The molecule has 1 aromatic carbocycles. The van der Waals surface area contributed by atoms with Crippen LogP contribution in [0.2, 0.25) is 0 Å². The minimum atomic E-state index is 0.893. The van der Waals surface area contributed by atoms with Crippen LogP contribution in [0, 0.1) is 0 Å². The molecular formula is C12H20N2O. The number of ether oxygens (including phenoxy) is 1. The van der Waals surface area contributed by atoms with Crippen molar-refractivity contribution in [3.63, 3.8) is 0 Å². The summed E-state index contributed by atoms with van der Waals surface area (Å²) in [6.07, 6.45) is 1.18. The molecule has 84 valence electrons. The van der Waals surface area contributed by atoms with E-state index in [9.17, 15) is 0 Å². The number of hydrogen-bond donors (Lipinski definition) is 2. The predicted octanol–water partition coefficient (Wildman–Crippen LogP) is 2.11. The Balaban J connectivity index is 2.20. The number of benzene rings is 1. The van der Waals surface area contributed by atoms with Crippen LogP contribution in [0.15, 0.2) is 24.3 Å². The van der Waals surface area contributed by atoms with Gasteiger partial charge < -0.3 is 15.4 Å². The van der Waals surface area contributed by atoms with E-state index in [1.54, 1.807) is 7.11 Å². The summed E-state index contributed by atoms with van der Waals surface area (Å²) >= 11 is 0. The molecule has 0 aromatic heterocycles. The molecule has 0 saturated carbocycles. The molecule has 15 heavy (non-hydrogen) atoms. The zero-order valence-corrected chi connectivity index (χ0v) is 9.55. The highest BCUT2D eigenvalue weighted by Gasteiger charge is 1.92. The summed E-state index contributed by atoms with van der Waals surface area (Å²) in [5.41, 5.74) is 1.13. The van der Waals surface area contributed by atoms with Crippen LogP contribution in [0.4, 0.5) is 5.69 Å². The van der Waals surface area contributed by atoms with E-state index in [1.807, 2.05) is 24.3 Å². The predicted molar refractivity (Wildman–Crippen MR) is 64.6 cm³/mol. The summed E-state index contributed by atoms with van der Waals surface area (Å²) in [6, 6.07) is 7.97. The minimum Gasteiger partial charge on any atom is -0.497 e. The van der Waals surface area contributed by atoms with Crippen LogP contribution < -0.4 is 15.4 Å². The van der Waals surface area contributed by atoms with Crippen LogP contribution in [0.25, 0.3) is 0 Å². The van der Waals surface area contributed by atoms with Gasteiger partial charge >= 0.3 is 0 Å². The molecule has 0 spiro atoms. The maximum atomic E-state index is 5.09. The molecule has 0 bridgehead atoms. The third kappa shape index (κ3) is 4.70. The fraction of sp³-hybridized carbons (Fsp3) is 0.500. The fourth-order valence-electron chi connectivity index (χ4n) is 1.31. The van der Waals surface area contributed by atoms with Crippen LogP contribution in [0.5, 0.6) is 5.75 Å². The number of nitrogens with one attached hydrogen (secondary N) is 2. The van der Waals surface area contributed by atoms with Crippen molar-refractivity contribution < 1.29 is 4.74 Å². The van der Waals surface area contributed by atoms with Gasteiger partial charge in [0.15, 0.2) is 0 Å². The van der Waals surface area contributed by atoms with E-state index in [0.29, 0.717) is 0 Å². The molecular weight excluding hydrogens is 188 g/mol. The van der Waals surface area contributed by atoms with Crippen molar-refractivity contribution in [2.24, 2.45) is 0 Å². The average molecular weight is 208 g/mol. The van der Waals surface area contributed by atoms with Crippen molar-refractivity contribution in [1.82, 2.24) is 5.32 Å². The zero-order chi connectivity index (χ0) is 10.9. The second-order valence-corrected chi connectivity index (χ2v) is 3.41. The molecule has 3 heteroatoms. The van der Waals surface area contributed by atoms with Crippen molar-refractivity contribution in [2.75, 3.05) is 32.1 Å². The fourth-order valence-corrected chi connectivity index (χ4v) is 1.31. The molecule has 0 amide bonds. The molecule has 0 atom stereocenters. The van der Waals surface area contributed by atoms with Crippen LogP contribution in [-0.2, 0) is 0 Å². The van der Waals surface area contributed by atoms with E-state index in [1.165, 1.54) is 6.42 Å². The van der Waals surface area contributed by atoms with Gasteiger partial charge in [-0.3, -0.25) is 0 Å². The normalized spacial score (nSPS) is 10.0. The third-order valence-electron chi connectivity index (χ3n) is 2.15. The number of anilines is 1. The second kappa shape index (κ2) is 7.12. The summed E-state index contributed by atoms with van der Waals surface area (Å²) in [5, 5.41) is 6.68. The zero-order valence-electron chi connectivity index (χ0n) is 9.55. The van der Waals surface area contributed by atoms with Crippen molar-refractivity contribution in [1.29, 1.82) is 0 Å². The van der Waals surface area contributed by atoms with E-state index in [2.05, 4.69) is 17.6 Å². The quantitative estimate of drug-likeness (QED) is 0.673. The highest BCUT2D eigenvalue weighted by molar-refractivity contribution is 5.46. The lowest BCUT2D eigenvalue weighted by Gasteiger charge is -2.07. The molecule has 0 heterocycles. The lowest BCUT2D eigenvalue weighted by atomic mass is 10.3. The maximum absolute atomic E-state index is 5.09. The summed E-state index contributed by atoms with van der Waals surface area (Å²) in [7, 11) is 1.68. The van der Waals surface area contributed by atoms with Crippen molar-refractivity contribution in [3.8, 4) is 5.75 Å². The molecule has 2 N–H and O–H groups in total. The Kier molecular flexibility index (Phi) is 5.63. The number of methoxy groups -OCH3 is 1. The first-order valence-electron chi connectivity index (χ1n) is 5.45. The molecule has 0 aliphatic heterocycles. The molecule has 3 nitrogen and oxygen atoms in total. The molecule has 0 fully saturated rings. The van der Waals surface area contributed by atoms with Gasteiger partial charge in [0.2, 0.25) is 0 Å². The van der Waals surface area contributed by atoms with E-state index >= 15 is 0 Å². The van der Waals surface area contributed by atoms with Crippen molar-refractivity contribution >= 4 is 5.69 Å². The second-order valence-electron chi connectivity index (χ2n) is 3.41. The monoisotopic (exact) mass is 208 g/mol. The van der Waals surface area contributed by atoms with Gasteiger partial charge in [0, 0.05) is 18.8 Å². The van der Waals surface area contributed by atoms with E-state index in [4.69, 9.17) is 4.74 Å². The summed E-state index contributed by atoms with van der Waals surface area (Å²) < 4.78 is 5.09. The van der Waals surface area contributed by atoms with Gasteiger partial charge in [-0.2, -0.15) is 0 Å². The average Bonchev–Trinajstić information content (AvgIpc) is 2.30. The Hall–Kier alpha value is -1.22. The standard InChI is InChI=1S/C12H20N2O/c1-3-8-13-9-10-14-11-4-6-12(15-2)7-5-11/h4-7,13-14H,3,8-10H2,1-2H3. The Bertz CT molecular complexity index is 259. The smallest absolute Gasteiger partial charge is 0.119 e. The maximum Gasteiger partial charge on any atom is 0.119 e. The molecule has 0 unspecified atom stereocenters. The van der Waals surface area contributed by atoms with Gasteiger partial charge in [-0.25, -0.2) is 0 Å². The SMILES string of the molecule is CCCNCCNc1ccc(OC)cc1. The topological polar surface area (TPSA) is 33.3 Å². The largest absolute Gasteiger partial charge is 0.497 e. The molecule has 1 rings (SSSR count). The molecule has 0 aliphatic carbocycles. The van der Waals surface area contributed by atoms with Gasteiger partial charge in [0.1, 0.15) is 5.75 Å². The first-order chi connectivity index (χ1) is 7.36. The van der Waals surface area contributed by atoms with E-state index in [-0.39, 0.29) is 0 Å². The third-order valence-corrected chi connectivity index (χ3v) is 2.15. The molecule has 0 aliphatic rings. The molecule has 0 radical (unpaired) electrons. The highest BCUT2D eigenvalue weighted by atomic mass is 16.5. The highest BCUT2D eigenvalue weighted by Crippen LogP contribution is 2.14. The van der Waals surface area contributed by atoms with Crippen LogP contribution in [0.1, 0.15) is 13.3 Å². The van der Waals surface area contributed by atoms with Crippen molar-refractivity contribution in [2.45, 2.75) is 13.3 Å². The van der Waals surface area contributed by atoms with Crippen LogP contribution in [0.3, 0.4) is 0 Å². The Morgan fingerprint density at radius 2 is 1.80 bits per heavy atom. The van der Waals surface area contributed by atoms with E-state index in [0.717, 1.165) is 31.1 Å². The van der Waals surface area contributed by atoms with Gasteiger partial charge in [0.05, 0.1) is 7.11 Å². The van der Waals surface area contributed by atoms with Crippen LogP contribution >= 0.6 is 0 Å². The first kappa shape index (κ1) is 11.9. The van der Waals surface area contributed by atoms with Crippen molar-refractivity contribution in [3.05, 3.63) is 24.3 Å². The number of hydrogen-bond acceptors (Lipinski definition) is 3. The Labute approximate surface area is 91.8 Å². The lowest BCUT2D eigenvalue weighted by Crippen LogP contribution is -2.22. The molecule has 0 saturated heterocycles. The Morgan fingerprint density at radius 3 is 2.40 bits per heavy atom. The first-order valence-corrected chi connectivity index (χ1v) is 5.45. The summed E-state index contributed by atoms with van der Waals surface area (Å²) in [5.74, 6) is 0.893. The molecule has 1 aromatic rings. The lowest BCUT2D eigenvalue weighted by molar-refractivity contribution is 0.415. The number of rotatable bonds is 7. The Morgan fingerprint density at radius 1 is 1.07 bits per heavy atom.